The third-order valence-electron chi connectivity index (χ3n) is 4.82. The second-order valence-electron chi connectivity index (χ2n) is 6.42. The van der Waals surface area contributed by atoms with Crippen LogP contribution in [0, 0.1) is 11.8 Å². The summed E-state index contributed by atoms with van der Waals surface area (Å²) in [5, 5.41) is 0. The Bertz CT molecular complexity index is 860. The lowest BCUT2D eigenvalue weighted by atomic mass is 9.85. The maximum atomic E-state index is 12.6. The van der Waals surface area contributed by atoms with E-state index in [4.69, 9.17) is 4.74 Å². The van der Waals surface area contributed by atoms with E-state index >= 15 is 0 Å². The summed E-state index contributed by atoms with van der Waals surface area (Å²) in [6, 6.07) is 15.2. The smallest absolute Gasteiger partial charge is 0.343 e. The Morgan fingerprint density at radius 1 is 0.846 bits per heavy atom. The Labute approximate surface area is 150 Å². The van der Waals surface area contributed by atoms with Crippen molar-refractivity contribution in [2.24, 2.45) is 11.8 Å². The van der Waals surface area contributed by atoms with Crippen LogP contribution in [0.15, 0.2) is 66.7 Å². The number of anilines is 1. The summed E-state index contributed by atoms with van der Waals surface area (Å²) in [6.45, 7) is 0. The lowest BCUT2D eigenvalue weighted by Crippen LogP contribution is -2.30. The van der Waals surface area contributed by atoms with Crippen molar-refractivity contribution in [1.82, 2.24) is 0 Å². The van der Waals surface area contributed by atoms with E-state index in [1.165, 1.54) is 4.90 Å². The Morgan fingerprint density at radius 3 is 2.00 bits per heavy atom. The number of carbonyl (C=O) groups excluding carboxylic acids is 3. The van der Waals surface area contributed by atoms with Crippen molar-refractivity contribution in [3.05, 3.63) is 72.3 Å². The van der Waals surface area contributed by atoms with Gasteiger partial charge in [-0.3, -0.25) is 14.5 Å². The lowest BCUT2D eigenvalue weighted by Gasteiger charge is -2.15. The molecule has 2 atom stereocenters. The highest BCUT2D eigenvalue weighted by molar-refractivity contribution is 6.22. The zero-order chi connectivity index (χ0) is 18.1. The Kier molecular flexibility index (Phi) is 4.13. The minimum absolute atomic E-state index is 0.154. The van der Waals surface area contributed by atoms with Crippen molar-refractivity contribution in [1.29, 1.82) is 0 Å². The largest absolute Gasteiger partial charge is 0.423 e. The molecule has 0 aromatic heterocycles. The molecular weight excluding hydrogens is 330 g/mol. The normalized spacial score (nSPS) is 21.6. The van der Waals surface area contributed by atoms with Crippen molar-refractivity contribution < 1.29 is 19.1 Å². The molecule has 1 aliphatic carbocycles. The van der Waals surface area contributed by atoms with Gasteiger partial charge in [-0.05, 0) is 49.2 Å². The van der Waals surface area contributed by atoms with Crippen LogP contribution in [0.25, 0.3) is 0 Å². The predicted octanol–water partition coefficient (Wildman–Crippen LogP) is 3.36. The number of esters is 1. The van der Waals surface area contributed by atoms with Crippen LogP contribution in [-0.2, 0) is 9.59 Å². The van der Waals surface area contributed by atoms with E-state index in [-0.39, 0.29) is 23.7 Å². The van der Waals surface area contributed by atoms with E-state index in [0.29, 0.717) is 29.8 Å². The zero-order valence-corrected chi connectivity index (χ0v) is 14.0. The summed E-state index contributed by atoms with van der Waals surface area (Å²) in [4.78, 5) is 38.5. The molecule has 5 heteroatoms. The third-order valence-corrected chi connectivity index (χ3v) is 4.82. The van der Waals surface area contributed by atoms with Gasteiger partial charge in [-0.1, -0.05) is 30.4 Å². The number of allylic oxidation sites excluding steroid dienone is 2. The molecule has 0 spiro atoms. The molecule has 1 fully saturated rings. The van der Waals surface area contributed by atoms with Crippen molar-refractivity contribution in [3.63, 3.8) is 0 Å². The maximum absolute atomic E-state index is 12.6. The number of rotatable bonds is 3. The first kappa shape index (κ1) is 16.3. The third kappa shape index (κ3) is 2.81. The van der Waals surface area contributed by atoms with Gasteiger partial charge in [-0.2, -0.15) is 0 Å². The number of hydrogen-bond donors (Lipinski definition) is 0. The van der Waals surface area contributed by atoms with Crippen LogP contribution in [0.1, 0.15) is 23.2 Å². The molecule has 2 unspecified atom stereocenters. The standard InChI is InChI=1S/C21H17NO4/c23-19-17-8-4-5-9-18(17)20(24)22(19)15-10-12-16(13-11-15)26-21(25)14-6-2-1-3-7-14/h1-7,10-13,17-18H,8-9H2. The molecule has 2 aromatic carbocycles. The second kappa shape index (κ2) is 6.59. The van der Waals surface area contributed by atoms with E-state index in [1.54, 1.807) is 48.5 Å². The molecule has 0 saturated carbocycles. The summed E-state index contributed by atoms with van der Waals surface area (Å²) >= 11 is 0. The Balaban J connectivity index is 1.51. The quantitative estimate of drug-likeness (QED) is 0.370. The van der Waals surface area contributed by atoms with Gasteiger partial charge in [0.2, 0.25) is 11.8 Å². The van der Waals surface area contributed by atoms with Gasteiger partial charge in [0.15, 0.2) is 0 Å². The van der Waals surface area contributed by atoms with E-state index in [0.717, 1.165) is 0 Å². The number of amides is 2. The van der Waals surface area contributed by atoms with Gasteiger partial charge in [0.1, 0.15) is 5.75 Å². The summed E-state index contributed by atoms with van der Waals surface area (Å²) in [5.41, 5.74) is 0.965. The summed E-state index contributed by atoms with van der Waals surface area (Å²) < 4.78 is 5.33. The van der Waals surface area contributed by atoms with E-state index in [2.05, 4.69) is 0 Å². The molecule has 1 heterocycles. The van der Waals surface area contributed by atoms with E-state index < -0.39 is 5.97 Å². The predicted molar refractivity (Wildman–Crippen MR) is 95.7 cm³/mol. The van der Waals surface area contributed by atoms with Crippen molar-refractivity contribution in [2.45, 2.75) is 12.8 Å². The molecule has 2 aliphatic rings. The molecule has 1 aliphatic heterocycles. The summed E-state index contributed by atoms with van der Waals surface area (Å²) in [7, 11) is 0. The molecular formula is C21H17NO4. The molecule has 0 N–H and O–H groups in total. The first-order chi connectivity index (χ1) is 12.6. The highest BCUT2D eigenvalue weighted by Crippen LogP contribution is 2.37. The number of nitrogens with zero attached hydrogens (tertiary/aromatic N) is 1. The average Bonchev–Trinajstić information content (AvgIpc) is 2.94. The van der Waals surface area contributed by atoms with Crippen LogP contribution in [0.3, 0.4) is 0 Å². The molecule has 0 bridgehead atoms. The molecule has 1 saturated heterocycles. The Hall–Kier alpha value is -3.21. The molecule has 2 aromatic rings. The summed E-state index contributed by atoms with van der Waals surface area (Å²) in [5.74, 6) is -0.924. The minimum Gasteiger partial charge on any atom is -0.423 e. The fourth-order valence-corrected chi connectivity index (χ4v) is 3.46. The van der Waals surface area contributed by atoms with Crippen LogP contribution >= 0.6 is 0 Å². The summed E-state index contributed by atoms with van der Waals surface area (Å²) in [6.07, 6.45) is 5.14. The van der Waals surface area contributed by atoms with Crippen LogP contribution in [0.2, 0.25) is 0 Å². The molecule has 5 nitrogen and oxygen atoms in total. The van der Waals surface area contributed by atoms with Gasteiger partial charge in [0.05, 0.1) is 23.1 Å². The fraction of sp³-hybridized carbons (Fsp3) is 0.190. The van der Waals surface area contributed by atoms with Crippen molar-refractivity contribution in [3.8, 4) is 5.75 Å². The minimum atomic E-state index is -0.455. The van der Waals surface area contributed by atoms with Gasteiger partial charge in [-0.25, -0.2) is 4.79 Å². The van der Waals surface area contributed by atoms with Gasteiger partial charge in [0.25, 0.3) is 0 Å². The number of imide groups is 1. The van der Waals surface area contributed by atoms with Crippen molar-refractivity contribution >= 4 is 23.5 Å². The first-order valence-electron chi connectivity index (χ1n) is 8.55. The molecule has 0 radical (unpaired) electrons. The van der Waals surface area contributed by atoms with E-state index in [1.807, 2.05) is 18.2 Å². The van der Waals surface area contributed by atoms with Crippen molar-refractivity contribution in [2.75, 3.05) is 4.90 Å². The fourth-order valence-electron chi connectivity index (χ4n) is 3.46. The van der Waals surface area contributed by atoms with Crippen LogP contribution in [0.5, 0.6) is 5.75 Å². The topological polar surface area (TPSA) is 63.7 Å². The van der Waals surface area contributed by atoms with Crippen LogP contribution in [-0.4, -0.2) is 17.8 Å². The Morgan fingerprint density at radius 2 is 1.42 bits per heavy atom. The molecule has 26 heavy (non-hydrogen) atoms. The van der Waals surface area contributed by atoms with Gasteiger partial charge < -0.3 is 4.74 Å². The highest BCUT2D eigenvalue weighted by Gasteiger charge is 2.47. The number of hydrogen-bond acceptors (Lipinski definition) is 4. The average molecular weight is 347 g/mol. The molecule has 4 rings (SSSR count). The van der Waals surface area contributed by atoms with Gasteiger partial charge in [0, 0.05) is 0 Å². The van der Waals surface area contributed by atoms with Crippen LogP contribution in [0.4, 0.5) is 5.69 Å². The monoisotopic (exact) mass is 347 g/mol. The number of fused-ring (bicyclic) bond motifs is 1. The first-order valence-corrected chi connectivity index (χ1v) is 8.55. The number of ether oxygens (including phenoxy) is 1. The second-order valence-corrected chi connectivity index (χ2v) is 6.42. The SMILES string of the molecule is O=C(Oc1ccc(N2C(=O)C3CC=CCC3C2=O)cc1)c1ccccc1. The van der Waals surface area contributed by atoms with Crippen LogP contribution < -0.4 is 9.64 Å². The van der Waals surface area contributed by atoms with Gasteiger partial charge >= 0.3 is 5.97 Å². The number of carbonyl (C=O) groups is 3. The molecule has 2 amide bonds. The lowest BCUT2D eigenvalue weighted by molar-refractivity contribution is -0.122. The van der Waals surface area contributed by atoms with Gasteiger partial charge in [-0.15, -0.1) is 0 Å². The zero-order valence-electron chi connectivity index (χ0n) is 14.0. The van der Waals surface area contributed by atoms with E-state index in [9.17, 15) is 14.4 Å². The molecule has 130 valence electrons. The number of benzene rings is 2. The highest BCUT2D eigenvalue weighted by atomic mass is 16.5. The maximum Gasteiger partial charge on any atom is 0.343 e.